The molecular weight excluding hydrogens is 136 g/mol. The first-order chi connectivity index (χ1) is 5.31. The third kappa shape index (κ3) is 6.91. The van der Waals surface area contributed by atoms with Crippen LogP contribution >= 0.6 is 0 Å². The molecule has 11 heavy (non-hydrogen) atoms. The topological polar surface area (TPSA) is 9.23 Å². The molecule has 0 aliphatic carbocycles. The van der Waals surface area contributed by atoms with Gasteiger partial charge in [0.25, 0.3) is 0 Å². The van der Waals surface area contributed by atoms with Crippen molar-refractivity contribution >= 4 is 0 Å². The smallest absolute Gasteiger partial charge is 0.112 e. The van der Waals surface area contributed by atoms with E-state index in [1.54, 1.807) is 6.08 Å². The first-order valence-electron chi connectivity index (χ1n) is 3.92. The van der Waals surface area contributed by atoms with Crippen LogP contribution in [0.25, 0.3) is 0 Å². The summed E-state index contributed by atoms with van der Waals surface area (Å²) in [6, 6.07) is 0. The summed E-state index contributed by atoms with van der Waals surface area (Å²) >= 11 is 0. The Balaban J connectivity index is 3.37. The number of ether oxygens (including phenoxy) is 1. The van der Waals surface area contributed by atoms with Crippen molar-refractivity contribution in [1.29, 1.82) is 0 Å². The van der Waals surface area contributed by atoms with Gasteiger partial charge >= 0.3 is 0 Å². The molecule has 0 N–H and O–H groups in total. The molecule has 0 saturated heterocycles. The third-order valence-corrected chi connectivity index (χ3v) is 1.20. The van der Waals surface area contributed by atoms with E-state index >= 15 is 0 Å². The number of unbranched alkanes of at least 4 members (excludes halogenated alkanes) is 1. The number of hydrogen-bond acceptors (Lipinski definition) is 1. The van der Waals surface area contributed by atoms with E-state index in [9.17, 15) is 0 Å². The van der Waals surface area contributed by atoms with Crippen molar-refractivity contribution in [2.24, 2.45) is 0 Å². The Morgan fingerprint density at radius 2 is 2.27 bits per heavy atom. The van der Waals surface area contributed by atoms with Gasteiger partial charge in [-0.05, 0) is 12.5 Å². The van der Waals surface area contributed by atoms with Gasteiger partial charge in [-0.2, -0.15) is 0 Å². The largest absolute Gasteiger partial charge is 0.494 e. The van der Waals surface area contributed by atoms with Crippen LogP contribution < -0.4 is 0 Å². The minimum absolute atomic E-state index is 0.707. The molecule has 0 aliphatic heterocycles. The van der Waals surface area contributed by atoms with Gasteiger partial charge in [0.05, 0.1) is 6.61 Å². The second kappa shape index (κ2) is 7.13. The van der Waals surface area contributed by atoms with Gasteiger partial charge in [-0.25, -0.2) is 0 Å². The standard InChI is InChI=1S/C10H16O/c1-4-6-8-10(3)11-9-7-5-2/h4,6,8H,1,3,5,7,9H2,2H3/b8-6-. The van der Waals surface area contributed by atoms with Crippen molar-refractivity contribution in [3.63, 3.8) is 0 Å². The van der Waals surface area contributed by atoms with Gasteiger partial charge in [-0.3, -0.25) is 0 Å². The summed E-state index contributed by atoms with van der Waals surface area (Å²) in [5.41, 5.74) is 0. The van der Waals surface area contributed by atoms with Gasteiger partial charge in [0.1, 0.15) is 5.76 Å². The Morgan fingerprint density at radius 1 is 1.55 bits per heavy atom. The average molecular weight is 152 g/mol. The maximum absolute atomic E-state index is 5.26. The predicted octanol–water partition coefficient (Wildman–Crippen LogP) is 3.06. The van der Waals surface area contributed by atoms with Gasteiger partial charge in [0.2, 0.25) is 0 Å². The molecule has 0 aromatic heterocycles. The quantitative estimate of drug-likeness (QED) is 0.323. The Kier molecular flexibility index (Phi) is 6.50. The lowest BCUT2D eigenvalue weighted by molar-refractivity contribution is 0.221. The Labute approximate surface area is 69.1 Å². The van der Waals surface area contributed by atoms with Crippen molar-refractivity contribution in [2.45, 2.75) is 19.8 Å². The first kappa shape index (κ1) is 10.0. The molecular formula is C10H16O. The predicted molar refractivity (Wildman–Crippen MR) is 49.3 cm³/mol. The summed E-state index contributed by atoms with van der Waals surface area (Å²) in [5, 5.41) is 0. The molecule has 0 saturated carbocycles. The highest BCUT2D eigenvalue weighted by molar-refractivity contribution is 5.12. The molecule has 0 aromatic rings. The fraction of sp³-hybridized carbons (Fsp3) is 0.400. The van der Waals surface area contributed by atoms with Crippen molar-refractivity contribution < 1.29 is 4.74 Å². The summed E-state index contributed by atoms with van der Waals surface area (Å²) < 4.78 is 5.26. The van der Waals surface area contributed by atoms with E-state index in [-0.39, 0.29) is 0 Å². The third-order valence-electron chi connectivity index (χ3n) is 1.20. The van der Waals surface area contributed by atoms with Crippen molar-refractivity contribution in [1.82, 2.24) is 0 Å². The molecule has 0 fully saturated rings. The van der Waals surface area contributed by atoms with Crippen LogP contribution in [0.5, 0.6) is 0 Å². The zero-order valence-electron chi connectivity index (χ0n) is 7.18. The SMILES string of the molecule is C=C/C=C\C(=C)OCCCC. The maximum atomic E-state index is 5.26. The normalized spacial score (nSPS) is 9.91. The number of hydrogen-bond donors (Lipinski definition) is 0. The highest BCUT2D eigenvalue weighted by Crippen LogP contribution is 1.98. The van der Waals surface area contributed by atoms with E-state index in [2.05, 4.69) is 20.1 Å². The van der Waals surface area contributed by atoms with Crippen molar-refractivity contribution in [2.75, 3.05) is 6.61 Å². The van der Waals surface area contributed by atoms with Crippen LogP contribution in [0.3, 0.4) is 0 Å². The van der Waals surface area contributed by atoms with Crippen LogP contribution in [0, 0.1) is 0 Å². The fourth-order valence-corrected chi connectivity index (χ4v) is 0.571. The molecule has 1 heteroatoms. The fourth-order valence-electron chi connectivity index (χ4n) is 0.571. The second-order valence-electron chi connectivity index (χ2n) is 2.26. The molecule has 62 valence electrons. The van der Waals surface area contributed by atoms with Crippen LogP contribution in [0.1, 0.15) is 19.8 Å². The monoisotopic (exact) mass is 152 g/mol. The average Bonchev–Trinajstić information content (AvgIpc) is 2.01. The van der Waals surface area contributed by atoms with Gasteiger partial charge < -0.3 is 4.74 Å². The Hall–Kier alpha value is -0.980. The van der Waals surface area contributed by atoms with E-state index in [4.69, 9.17) is 4.74 Å². The zero-order valence-corrected chi connectivity index (χ0v) is 7.18. The van der Waals surface area contributed by atoms with E-state index in [1.165, 1.54) is 0 Å². The summed E-state index contributed by atoms with van der Waals surface area (Å²) in [4.78, 5) is 0. The highest BCUT2D eigenvalue weighted by Gasteiger charge is 1.86. The van der Waals surface area contributed by atoms with E-state index in [0.29, 0.717) is 5.76 Å². The lowest BCUT2D eigenvalue weighted by Gasteiger charge is -2.02. The molecule has 0 aliphatic rings. The molecule has 0 rings (SSSR count). The first-order valence-corrected chi connectivity index (χ1v) is 3.92. The van der Waals surface area contributed by atoms with Crippen LogP contribution in [0.4, 0.5) is 0 Å². The van der Waals surface area contributed by atoms with E-state index < -0.39 is 0 Å². The van der Waals surface area contributed by atoms with E-state index in [0.717, 1.165) is 19.4 Å². The second-order valence-corrected chi connectivity index (χ2v) is 2.26. The van der Waals surface area contributed by atoms with Gasteiger partial charge in [-0.15, -0.1) is 0 Å². The van der Waals surface area contributed by atoms with Gasteiger partial charge in [0, 0.05) is 0 Å². The lowest BCUT2D eigenvalue weighted by atomic mass is 10.3. The van der Waals surface area contributed by atoms with Crippen molar-refractivity contribution in [3.8, 4) is 0 Å². The summed E-state index contributed by atoms with van der Waals surface area (Å²) in [6.45, 7) is 10.1. The molecule has 0 atom stereocenters. The molecule has 0 aromatic carbocycles. The molecule has 0 heterocycles. The lowest BCUT2D eigenvalue weighted by Crippen LogP contribution is -1.90. The van der Waals surface area contributed by atoms with Crippen molar-refractivity contribution in [3.05, 3.63) is 37.1 Å². The summed E-state index contributed by atoms with van der Waals surface area (Å²) in [6.07, 6.45) is 7.56. The molecule has 0 bridgehead atoms. The number of allylic oxidation sites excluding steroid dienone is 3. The minimum Gasteiger partial charge on any atom is -0.494 e. The zero-order chi connectivity index (χ0) is 8.53. The van der Waals surface area contributed by atoms with E-state index in [1.807, 2.05) is 12.2 Å². The van der Waals surface area contributed by atoms with Crippen LogP contribution in [0.2, 0.25) is 0 Å². The Bertz CT molecular complexity index is 145. The van der Waals surface area contributed by atoms with Crippen LogP contribution in [-0.4, -0.2) is 6.61 Å². The Morgan fingerprint density at radius 3 is 2.82 bits per heavy atom. The van der Waals surface area contributed by atoms with Gasteiger partial charge in [-0.1, -0.05) is 38.7 Å². The molecule has 0 amide bonds. The molecule has 0 unspecified atom stereocenters. The number of rotatable bonds is 6. The maximum Gasteiger partial charge on any atom is 0.112 e. The summed E-state index contributed by atoms with van der Waals surface area (Å²) in [7, 11) is 0. The minimum atomic E-state index is 0.707. The summed E-state index contributed by atoms with van der Waals surface area (Å²) in [5.74, 6) is 0.707. The van der Waals surface area contributed by atoms with Crippen LogP contribution in [-0.2, 0) is 4.74 Å². The molecule has 0 spiro atoms. The highest BCUT2D eigenvalue weighted by atomic mass is 16.5. The molecule has 0 radical (unpaired) electrons. The molecule has 1 nitrogen and oxygen atoms in total. The van der Waals surface area contributed by atoms with Crippen LogP contribution in [0.15, 0.2) is 37.1 Å². The van der Waals surface area contributed by atoms with Gasteiger partial charge in [0.15, 0.2) is 0 Å².